The smallest absolute Gasteiger partial charge is 0.480 e. The Balaban J connectivity index is 0.00000144. The number of aromatic nitrogens is 1. The second-order valence-corrected chi connectivity index (χ2v) is 3.74. The molecule has 0 aliphatic heterocycles. The molecule has 0 spiro atoms. The van der Waals surface area contributed by atoms with Crippen molar-refractivity contribution in [3.05, 3.63) is 36.0 Å². The Labute approximate surface area is 110 Å². The van der Waals surface area contributed by atoms with Gasteiger partial charge in [-0.25, -0.2) is 0 Å². The fourth-order valence-electron chi connectivity index (χ4n) is 1.83. The minimum Gasteiger partial charge on any atom is -0.480 e. The molecule has 5 heteroatoms. The van der Waals surface area contributed by atoms with E-state index < -0.39 is 12.0 Å². The maximum atomic E-state index is 10.9. The summed E-state index contributed by atoms with van der Waals surface area (Å²) in [7, 11) is 1.66. The van der Waals surface area contributed by atoms with Crippen LogP contribution in [0.15, 0.2) is 30.5 Å². The summed E-state index contributed by atoms with van der Waals surface area (Å²) in [4.78, 5) is 14.1. The van der Waals surface area contributed by atoms with Crippen LogP contribution >= 0.6 is 0 Å². The normalized spacial score (nSPS) is 12.1. The summed E-state index contributed by atoms with van der Waals surface area (Å²) in [5.74, 6) is -0.826. The molecule has 0 aliphatic carbocycles. The van der Waals surface area contributed by atoms with Gasteiger partial charge in [0.15, 0.2) is 0 Å². The molecule has 0 amide bonds. The minimum atomic E-state index is -0.826. The van der Waals surface area contributed by atoms with Gasteiger partial charge in [0.1, 0.15) is 6.04 Å². The van der Waals surface area contributed by atoms with Crippen LogP contribution in [0.4, 0.5) is 0 Å². The van der Waals surface area contributed by atoms with Gasteiger partial charge in [-0.2, -0.15) is 0 Å². The Kier molecular flexibility index (Phi) is 4.74. The van der Waals surface area contributed by atoms with E-state index in [9.17, 15) is 4.79 Å². The first kappa shape index (κ1) is 13.8. The number of rotatable bonds is 4. The maximum absolute atomic E-state index is 10.9. The average Bonchev–Trinajstić information content (AvgIpc) is 2.69. The average molecular weight is 277 g/mol. The number of likely N-dealkylation sites (N-methyl/N-ethyl adjacent to an activating group) is 1. The van der Waals surface area contributed by atoms with E-state index in [4.69, 9.17) is 5.11 Å². The van der Waals surface area contributed by atoms with Crippen LogP contribution in [0.25, 0.3) is 10.9 Å². The molecule has 0 fully saturated rings. The van der Waals surface area contributed by atoms with Crippen molar-refractivity contribution in [1.82, 2.24) is 10.3 Å². The van der Waals surface area contributed by atoms with Crippen LogP contribution < -0.4 is 5.32 Å². The molecule has 17 heavy (non-hydrogen) atoms. The number of H-pyrrole nitrogens is 1. The minimum absolute atomic E-state index is 0. The van der Waals surface area contributed by atoms with Gasteiger partial charge < -0.3 is 15.4 Å². The van der Waals surface area contributed by atoms with E-state index in [-0.39, 0.29) is 16.8 Å². The van der Waals surface area contributed by atoms with E-state index in [2.05, 4.69) is 10.3 Å². The summed E-state index contributed by atoms with van der Waals surface area (Å²) in [5.41, 5.74) is 2.06. The van der Waals surface area contributed by atoms with Crippen LogP contribution in [0.1, 0.15) is 5.56 Å². The molecule has 2 rings (SSSR count). The number of benzene rings is 1. The molecule has 1 aromatic carbocycles. The van der Waals surface area contributed by atoms with Crippen molar-refractivity contribution < 1.29 is 26.7 Å². The van der Waals surface area contributed by atoms with Crippen molar-refractivity contribution in [3.8, 4) is 0 Å². The van der Waals surface area contributed by atoms with E-state index in [1.165, 1.54) is 0 Å². The van der Waals surface area contributed by atoms with E-state index in [0.29, 0.717) is 6.42 Å². The van der Waals surface area contributed by atoms with Crippen LogP contribution in [-0.2, 0) is 28.0 Å². The van der Waals surface area contributed by atoms with Crippen LogP contribution in [-0.4, -0.2) is 29.1 Å². The summed E-state index contributed by atoms with van der Waals surface area (Å²) < 4.78 is 0. The van der Waals surface area contributed by atoms with Gasteiger partial charge in [0.05, 0.1) is 0 Å². The zero-order valence-corrected chi connectivity index (χ0v) is 10.4. The number of carboxylic acid groups (broad SMARTS) is 1. The summed E-state index contributed by atoms with van der Waals surface area (Å²) in [6.07, 6.45) is 2.35. The van der Waals surface area contributed by atoms with Gasteiger partial charge in [0.25, 0.3) is 0 Å². The number of hydrogen-bond acceptors (Lipinski definition) is 2. The Morgan fingerprint density at radius 3 is 2.82 bits per heavy atom. The molecule has 3 N–H and O–H groups in total. The zero-order valence-electron chi connectivity index (χ0n) is 9.36. The third kappa shape index (κ3) is 2.88. The third-order valence-corrected chi connectivity index (χ3v) is 2.75. The van der Waals surface area contributed by atoms with Crippen LogP contribution in [0.3, 0.4) is 0 Å². The first-order valence-corrected chi connectivity index (χ1v) is 5.17. The maximum Gasteiger partial charge on any atom is 2.00 e. The first-order chi connectivity index (χ1) is 7.72. The SMILES string of the molecule is CN[C@@H](Cc1c[nH]c2ccccc12)C(=O)O.[Co+2]. The number of aromatic amines is 1. The standard InChI is InChI=1S/C12H14N2O2.Co/c1-13-11(12(15)16)6-8-7-14-10-5-3-2-4-9(8)10;/h2-5,7,11,13-14H,6H2,1H3,(H,15,16);/q;+2/t11-;/m0./s1. The number of carboxylic acids is 1. The molecule has 0 aliphatic rings. The fraction of sp³-hybridized carbons (Fsp3) is 0.250. The molecule has 1 aromatic heterocycles. The van der Waals surface area contributed by atoms with Gasteiger partial charge in [-0.05, 0) is 18.7 Å². The number of para-hydroxylation sites is 1. The first-order valence-electron chi connectivity index (χ1n) is 5.17. The van der Waals surface area contributed by atoms with Crippen molar-refractivity contribution in [1.29, 1.82) is 0 Å². The van der Waals surface area contributed by atoms with Crippen molar-refractivity contribution in [3.63, 3.8) is 0 Å². The Morgan fingerprint density at radius 2 is 2.18 bits per heavy atom. The van der Waals surface area contributed by atoms with Crippen LogP contribution in [0, 0.1) is 0 Å². The molecule has 2 aromatic rings. The van der Waals surface area contributed by atoms with Crippen molar-refractivity contribution in [2.24, 2.45) is 0 Å². The Morgan fingerprint density at radius 1 is 1.47 bits per heavy atom. The number of carbonyl (C=O) groups is 1. The quantitative estimate of drug-likeness (QED) is 0.791. The zero-order chi connectivity index (χ0) is 11.5. The number of hydrogen-bond donors (Lipinski definition) is 3. The van der Waals surface area contributed by atoms with E-state index in [1.54, 1.807) is 7.05 Å². The van der Waals surface area contributed by atoms with E-state index >= 15 is 0 Å². The van der Waals surface area contributed by atoms with Gasteiger partial charge in [0.2, 0.25) is 0 Å². The molecule has 4 nitrogen and oxygen atoms in total. The van der Waals surface area contributed by atoms with Crippen LogP contribution in [0.2, 0.25) is 0 Å². The molecule has 0 bridgehead atoms. The molecule has 1 radical (unpaired) electrons. The summed E-state index contributed by atoms with van der Waals surface area (Å²) in [6, 6.07) is 7.34. The molecular weight excluding hydrogens is 263 g/mol. The van der Waals surface area contributed by atoms with Gasteiger partial charge in [-0.1, -0.05) is 18.2 Å². The van der Waals surface area contributed by atoms with Crippen molar-refractivity contribution >= 4 is 16.9 Å². The van der Waals surface area contributed by atoms with Crippen LogP contribution in [0.5, 0.6) is 0 Å². The Hall–Kier alpha value is -1.30. The molecule has 0 saturated carbocycles. The molecule has 0 unspecified atom stereocenters. The van der Waals surface area contributed by atoms with Gasteiger partial charge in [0, 0.05) is 23.5 Å². The summed E-state index contributed by atoms with van der Waals surface area (Å²) in [5, 5.41) is 12.8. The largest absolute Gasteiger partial charge is 2.00 e. The predicted molar refractivity (Wildman–Crippen MR) is 62.5 cm³/mol. The molecule has 1 heterocycles. The molecular formula is C12H14CoN2O2+2. The second-order valence-electron chi connectivity index (χ2n) is 3.74. The third-order valence-electron chi connectivity index (χ3n) is 2.75. The topological polar surface area (TPSA) is 65.1 Å². The van der Waals surface area contributed by atoms with E-state index in [1.807, 2.05) is 30.5 Å². The molecule has 1 atom stereocenters. The van der Waals surface area contributed by atoms with Crippen molar-refractivity contribution in [2.45, 2.75) is 12.5 Å². The summed E-state index contributed by atoms with van der Waals surface area (Å²) in [6.45, 7) is 0. The monoisotopic (exact) mass is 277 g/mol. The molecule has 0 saturated heterocycles. The van der Waals surface area contributed by atoms with Gasteiger partial charge in [-0.3, -0.25) is 4.79 Å². The fourth-order valence-corrected chi connectivity index (χ4v) is 1.83. The number of fused-ring (bicyclic) bond motifs is 1. The van der Waals surface area contributed by atoms with Gasteiger partial charge >= 0.3 is 22.7 Å². The van der Waals surface area contributed by atoms with Gasteiger partial charge in [-0.15, -0.1) is 0 Å². The predicted octanol–water partition coefficient (Wildman–Crippen LogP) is 1.38. The summed E-state index contributed by atoms with van der Waals surface area (Å²) >= 11 is 0. The van der Waals surface area contributed by atoms with E-state index in [0.717, 1.165) is 16.5 Å². The second kappa shape index (κ2) is 5.86. The Bertz CT molecular complexity index is 510. The van der Waals surface area contributed by atoms with Crippen molar-refractivity contribution in [2.75, 3.05) is 7.05 Å². The molecule has 91 valence electrons. The number of aliphatic carboxylic acids is 1. The number of nitrogens with one attached hydrogen (secondary N) is 2.